The van der Waals surface area contributed by atoms with Gasteiger partial charge in [-0.1, -0.05) is 18.2 Å². The van der Waals surface area contributed by atoms with Crippen molar-refractivity contribution in [2.45, 2.75) is 13.5 Å². The van der Waals surface area contributed by atoms with Crippen molar-refractivity contribution in [2.75, 3.05) is 6.61 Å². The highest BCUT2D eigenvalue weighted by Gasteiger charge is 2.08. The third kappa shape index (κ3) is 6.43. The molecule has 0 atom stereocenters. The number of alkyl halides is 2. The third-order valence-electron chi connectivity index (χ3n) is 3.28. The van der Waals surface area contributed by atoms with Gasteiger partial charge in [0.1, 0.15) is 11.5 Å². The lowest BCUT2D eigenvalue weighted by atomic mass is 10.2. The highest BCUT2D eigenvalue weighted by atomic mass is 19.3. The van der Waals surface area contributed by atoms with E-state index in [1.54, 1.807) is 30.3 Å². The van der Waals surface area contributed by atoms with E-state index in [1.807, 2.05) is 6.92 Å². The minimum Gasteiger partial charge on any atom is -0.494 e. The molecular formula is C19H18F2N2O4. The van der Waals surface area contributed by atoms with Crippen LogP contribution in [0.25, 0.3) is 6.08 Å². The maximum Gasteiger partial charge on any atom is 0.387 e. The SMILES string of the molecule is CCOc1ccc(C(=O)NNC(=O)/C=C/c2ccccc2OC(F)F)cc1. The van der Waals surface area contributed by atoms with Crippen LogP contribution in [-0.2, 0) is 4.79 Å². The molecule has 0 fully saturated rings. The van der Waals surface area contributed by atoms with Gasteiger partial charge < -0.3 is 9.47 Å². The average molecular weight is 376 g/mol. The fourth-order valence-corrected chi connectivity index (χ4v) is 2.09. The first-order chi connectivity index (χ1) is 13.0. The first-order valence-electron chi connectivity index (χ1n) is 8.04. The predicted molar refractivity (Wildman–Crippen MR) is 95.3 cm³/mol. The Kier molecular flexibility index (Phi) is 7.30. The van der Waals surface area contributed by atoms with Crippen molar-refractivity contribution >= 4 is 17.9 Å². The Morgan fingerprint density at radius 3 is 2.44 bits per heavy atom. The van der Waals surface area contributed by atoms with Gasteiger partial charge in [0.2, 0.25) is 0 Å². The topological polar surface area (TPSA) is 76.7 Å². The molecule has 27 heavy (non-hydrogen) atoms. The molecule has 0 saturated carbocycles. The zero-order valence-electron chi connectivity index (χ0n) is 14.4. The fraction of sp³-hybridized carbons (Fsp3) is 0.158. The number of benzene rings is 2. The number of nitrogens with one attached hydrogen (secondary N) is 2. The minimum absolute atomic E-state index is 0.0602. The lowest BCUT2D eigenvalue weighted by Crippen LogP contribution is -2.40. The Morgan fingerprint density at radius 2 is 1.78 bits per heavy atom. The largest absolute Gasteiger partial charge is 0.494 e. The van der Waals surface area contributed by atoms with Crippen LogP contribution < -0.4 is 20.3 Å². The summed E-state index contributed by atoms with van der Waals surface area (Å²) in [5, 5.41) is 0. The molecule has 0 radical (unpaired) electrons. The zero-order valence-corrected chi connectivity index (χ0v) is 14.4. The van der Waals surface area contributed by atoms with Gasteiger partial charge in [-0.3, -0.25) is 20.4 Å². The summed E-state index contributed by atoms with van der Waals surface area (Å²) in [6.07, 6.45) is 2.39. The third-order valence-corrected chi connectivity index (χ3v) is 3.28. The number of amides is 2. The Hall–Kier alpha value is -3.42. The van der Waals surface area contributed by atoms with Gasteiger partial charge >= 0.3 is 6.61 Å². The lowest BCUT2D eigenvalue weighted by Gasteiger charge is -2.08. The van der Waals surface area contributed by atoms with Gasteiger partial charge in [0.25, 0.3) is 11.8 Å². The molecule has 0 aliphatic carbocycles. The van der Waals surface area contributed by atoms with Crippen molar-refractivity contribution in [2.24, 2.45) is 0 Å². The van der Waals surface area contributed by atoms with E-state index >= 15 is 0 Å². The highest BCUT2D eigenvalue weighted by molar-refractivity contribution is 5.98. The molecule has 2 aromatic rings. The van der Waals surface area contributed by atoms with Crippen molar-refractivity contribution in [3.63, 3.8) is 0 Å². The van der Waals surface area contributed by atoms with Crippen LogP contribution in [0.4, 0.5) is 8.78 Å². The Labute approximate surface area is 154 Å². The van der Waals surface area contributed by atoms with Crippen LogP contribution in [0.1, 0.15) is 22.8 Å². The van der Waals surface area contributed by atoms with E-state index in [0.29, 0.717) is 23.5 Å². The van der Waals surface area contributed by atoms with Gasteiger partial charge in [-0.2, -0.15) is 8.78 Å². The fourth-order valence-electron chi connectivity index (χ4n) is 2.09. The number of carbonyl (C=O) groups excluding carboxylic acids is 2. The molecule has 0 spiro atoms. The maximum atomic E-state index is 12.4. The van der Waals surface area contributed by atoms with Crippen molar-refractivity contribution in [1.29, 1.82) is 0 Å². The monoisotopic (exact) mass is 376 g/mol. The van der Waals surface area contributed by atoms with Crippen LogP contribution in [0.3, 0.4) is 0 Å². The first kappa shape index (κ1) is 19.9. The number of para-hydroxylation sites is 1. The number of ether oxygens (including phenoxy) is 2. The maximum absolute atomic E-state index is 12.4. The number of hydrazine groups is 1. The number of carbonyl (C=O) groups is 2. The molecule has 0 bridgehead atoms. The first-order valence-corrected chi connectivity index (χ1v) is 8.04. The lowest BCUT2D eigenvalue weighted by molar-refractivity contribution is -0.117. The average Bonchev–Trinajstić information content (AvgIpc) is 2.66. The summed E-state index contributed by atoms with van der Waals surface area (Å²) < 4.78 is 34.4. The summed E-state index contributed by atoms with van der Waals surface area (Å²) in [4.78, 5) is 23.8. The van der Waals surface area contributed by atoms with E-state index in [9.17, 15) is 18.4 Å². The van der Waals surface area contributed by atoms with E-state index in [0.717, 1.165) is 6.08 Å². The second-order valence-corrected chi connectivity index (χ2v) is 5.15. The summed E-state index contributed by atoms with van der Waals surface area (Å²) in [6.45, 7) is -0.608. The highest BCUT2D eigenvalue weighted by Crippen LogP contribution is 2.21. The summed E-state index contributed by atoms with van der Waals surface area (Å²) in [5.74, 6) is -0.581. The molecular weight excluding hydrogens is 358 g/mol. The molecule has 2 amide bonds. The van der Waals surface area contributed by atoms with Crippen molar-refractivity contribution in [1.82, 2.24) is 10.9 Å². The molecule has 0 unspecified atom stereocenters. The van der Waals surface area contributed by atoms with Gasteiger partial charge in [0.15, 0.2) is 0 Å². The standard InChI is InChI=1S/C19H18F2N2O4/c1-2-26-15-10-7-14(8-11-15)18(25)23-22-17(24)12-9-13-5-3-4-6-16(13)27-19(20)21/h3-12,19H,2H2,1H3,(H,22,24)(H,23,25)/b12-9+. The minimum atomic E-state index is -2.97. The van der Waals surface area contributed by atoms with Crippen LogP contribution in [0.5, 0.6) is 11.5 Å². The molecule has 0 aliphatic rings. The predicted octanol–water partition coefficient (Wildman–Crippen LogP) is 3.16. The van der Waals surface area contributed by atoms with Crippen LogP contribution >= 0.6 is 0 Å². The van der Waals surface area contributed by atoms with Gasteiger partial charge in [0, 0.05) is 17.2 Å². The van der Waals surface area contributed by atoms with Gasteiger partial charge in [-0.15, -0.1) is 0 Å². The number of hydrogen-bond donors (Lipinski definition) is 2. The van der Waals surface area contributed by atoms with Gasteiger partial charge in [-0.05, 0) is 43.3 Å². The molecule has 0 saturated heterocycles. The molecule has 0 heterocycles. The second kappa shape index (κ2) is 9.91. The van der Waals surface area contributed by atoms with Crippen LogP contribution in [-0.4, -0.2) is 25.0 Å². The molecule has 6 nitrogen and oxygen atoms in total. The summed E-state index contributed by atoms with van der Waals surface area (Å²) in [6, 6.07) is 12.4. The number of rotatable bonds is 7. The van der Waals surface area contributed by atoms with E-state index in [-0.39, 0.29) is 5.75 Å². The quantitative estimate of drug-likeness (QED) is 0.575. The molecule has 8 heteroatoms. The van der Waals surface area contributed by atoms with Crippen molar-refractivity contribution in [3.8, 4) is 11.5 Å². The number of hydrogen-bond acceptors (Lipinski definition) is 4. The summed E-state index contributed by atoms with van der Waals surface area (Å²) >= 11 is 0. The molecule has 2 aromatic carbocycles. The zero-order chi connectivity index (χ0) is 19.6. The summed E-state index contributed by atoms with van der Waals surface area (Å²) in [7, 11) is 0. The summed E-state index contributed by atoms with van der Waals surface area (Å²) in [5.41, 5.74) is 5.09. The molecule has 2 rings (SSSR count). The van der Waals surface area contributed by atoms with Crippen LogP contribution in [0.15, 0.2) is 54.6 Å². The molecule has 2 N–H and O–H groups in total. The molecule has 0 aliphatic heterocycles. The van der Waals surface area contributed by atoms with E-state index in [1.165, 1.54) is 24.3 Å². The normalized spacial score (nSPS) is 10.7. The van der Waals surface area contributed by atoms with Crippen LogP contribution in [0.2, 0.25) is 0 Å². The smallest absolute Gasteiger partial charge is 0.387 e. The van der Waals surface area contributed by atoms with E-state index in [2.05, 4.69) is 15.6 Å². The Balaban J connectivity index is 1.90. The second-order valence-electron chi connectivity index (χ2n) is 5.15. The van der Waals surface area contributed by atoms with Crippen LogP contribution in [0, 0.1) is 0 Å². The van der Waals surface area contributed by atoms with Crippen molar-refractivity contribution in [3.05, 3.63) is 65.7 Å². The molecule has 142 valence electrons. The Morgan fingerprint density at radius 1 is 1.07 bits per heavy atom. The van der Waals surface area contributed by atoms with Gasteiger partial charge in [-0.25, -0.2) is 0 Å². The van der Waals surface area contributed by atoms with E-state index < -0.39 is 18.4 Å². The van der Waals surface area contributed by atoms with Crippen molar-refractivity contribution < 1.29 is 27.8 Å². The molecule has 0 aromatic heterocycles. The van der Waals surface area contributed by atoms with Gasteiger partial charge in [0.05, 0.1) is 6.61 Å². The number of halogens is 2. The van der Waals surface area contributed by atoms with E-state index in [4.69, 9.17) is 4.74 Å². The Bertz CT molecular complexity index is 808.